The first-order valence-corrected chi connectivity index (χ1v) is 5.60. The molecular formula is C13H19N3O. The van der Waals surface area contributed by atoms with E-state index in [2.05, 4.69) is 13.2 Å². The summed E-state index contributed by atoms with van der Waals surface area (Å²) in [7, 11) is 0. The molecule has 4 heteroatoms. The minimum atomic E-state index is -0.0525. The van der Waals surface area contributed by atoms with Gasteiger partial charge >= 0.3 is 0 Å². The average molecular weight is 233 g/mol. The molecule has 0 aliphatic carbocycles. The van der Waals surface area contributed by atoms with Crippen molar-refractivity contribution in [2.75, 3.05) is 18.8 Å². The Morgan fingerprint density at radius 2 is 2.06 bits per heavy atom. The first-order valence-electron chi connectivity index (χ1n) is 5.60. The lowest BCUT2D eigenvalue weighted by Gasteiger charge is -2.19. The Morgan fingerprint density at radius 1 is 1.47 bits per heavy atom. The number of carbonyl (C=O) groups is 1. The number of nitrogen functional groups attached to an aromatic ring is 1. The zero-order chi connectivity index (χ0) is 12.8. The molecule has 0 saturated carbocycles. The normalized spacial score (nSPS) is 9.94. The van der Waals surface area contributed by atoms with Gasteiger partial charge in [0.1, 0.15) is 5.69 Å². The zero-order valence-corrected chi connectivity index (χ0v) is 10.2. The fraction of sp³-hybridized carbons (Fsp3) is 0.308. The average Bonchev–Trinajstić information content (AvgIpc) is 2.69. The third-order valence-electron chi connectivity index (χ3n) is 2.46. The molecule has 1 heterocycles. The molecule has 17 heavy (non-hydrogen) atoms. The molecule has 2 N–H and O–H groups in total. The van der Waals surface area contributed by atoms with E-state index < -0.39 is 0 Å². The summed E-state index contributed by atoms with van der Waals surface area (Å²) in [6, 6.07) is 1.70. The lowest BCUT2D eigenvalue weighted by molar-refractivity contribution is 0.0780. The van der Waals surface area contributed by atoms with Crippen molar-refractivity contribution in [2.24, 2.45) is 0 Å². The van der Waals surface area contributed by atoms with Crippen LogP contribution in [0.4, 0.5) is 5.69 Å². The molecule has 0 aliphatic rings. The second-order valence-corrected chi connectivity index (χ2v) is 3.73. The molecule has 1 aromatic heterocycles. The van der Waals surface area contributed by atoms with E-state index in [-0.39, 0.29) is 5.91 Å². The summed E-state index contributed by atoms with van der Waals surface area (Å²) in [4.78, 5) is 13.9. The number of aryl methyl sites for hydroxylation is 1. The molecule has 0 fully saturated rings. The maximum Gasteiger partial charge on any atom is 0.271 e. The molecule has 0 unspecified atom stereocenters. The van der Waals surface area contributed by atoms with Gasteiger partial charge in [-0.25, -0.2) is 0 Å². The maximum absolute atomic E-state index is 12.3. The van der Waals surface area contributed by atoms with E-state index in [0.29, 0.717) is 31.0 Å². The van der Waals surface area contributed by atoms with E-state index in [1.165, 1.54) is 0 Å². The molecule has 1 rings (SSSR count). The predicted molar refractivity (Wildman–Crippen MR) is 70.8 cm³/mol. The summed E-state index contributed by atoms with van der Waals surface area (Å²) in [5.41, 5.74) is 6.92. The number of carbonyl (C=O) groups excluding carboxylic acids is 1. The molecule has 0 bridgehead atoms. The third kappa shape index (κ3) is 3.00. The molecule has 0 atom stereocenters. The number of nitrogens with two attached hydrogens (primary N) is 1. The van der Waals surface area contributed by atoms with Gasteiger partial charge in [-0.1, -0.05) is 12.2 Å². The third-order valence-corrected chi connectivity index (χ3v) is 2.46. The van der Waals surface area contributed by atoms with Gasteiger partial charge < -0.3 is 15.2 Å². The van der Waals surface area contributed by atoms with Gasteiger partial charge in [0.05, 0.1) is 5.69 Å². The Labute approximate surface area is 102 Å². The standard InChI is InChI=1S/C13H19N3O/c1-4-7-16(8-5-2)13(17)12-9-11(14)10-15(12)6-3/h4-5,9-10H,1-2,6-8,14H2,3H3. The van der Waals surface area contributed by atoms with Crippen molar-refractivity contribution in [3.63, 3.8) is 0 Å². The first-order chi connectivity index (χ1) is 8.13. The number of anilines is 1. The lowest BCUT2D eigenvalue weighted by atomic mass is 10.3. The van der Waals surface area contributed by atoms with Gasteiger partial charge in [-0.05, 0) is 13.0 Å². The van der Waals surface area contributed by atoms with Crippen LogP contribution in [0, 0.1) is 0 Å². The second-order valence-electron chi connectivity index (χ2n) is 3.73. The van der Waals surface area contributed by atoms with Gasteiger partial charge in [0.2, 0.25) is 0 Å². The summed E-state index contributed by atoms with van der Waals surface area (Å²) >= 11 is 0. The largest absolute Gasteiger partial charge is 0.397 e. The highest BCUT2D eigenvalue weighted by Crippen LogP contribution is 2.13. The van der Waals surface area contributed by atoms with Crippen molar-refractivity contribution in [3.05, 3.63) is 43.3 Å². The van der Waals surface area contributed by atoms with Gasteiger partial charge in [0.25, 0.3) is 5.91 Å². The smallest absolute Gasteiger partial charge is 0.271 e. The Balaban J connectivity index is 2.98. The SMILES string of the molecule is C=CCN(CC=C)C(=O)c1cc(N)cn1CC. The lowest BCUT2D eigenvalue weighted by Crippen LogP contribution is -2.32. The summed E-state index contributed by atoms with van der Waals surface area (Å²) in [5, 5.41) is 0. The Hall–Kier alpha value is -1.97. The van der Waals surface area contributed by atoms with Crippen LogP contribution < -0.4 is 5.73 Å². The maximum atomic E-state index is 12.3. The quantitative estimate of drug-likeness (QED) is 0.763. The topological polar surface area (TPSA) is 51.3 Å². The van der Waals surface area contributed by atoms with Crippen LogP contribution in [-0.2, 0) is 6.54 Å². The molecule has 0 aliphatic heterocycles. The molecular weight excluding hydrogens is 214 g/mol. The molecule has 0 spiro atoms. The summed E-state index contributed by atoms with van der Waals surface area (Å²) in [6.07, 6.45) is 5.17. The number of aromatic nitrogens is 1. The number of amides is 1. The highest BCUT2D eigenvalue weighted by molar-refractivity contribution is 5.94. The molecule has 1 amide bonds. The Morgan fingerprint density at radius 3 is 2.53 bits per heavy atom. The number of nitrogens with zero attached hydrogens (tertiary/aromatic N) is 2. The van der Waals surface area contributed by atoms with Crippen LogP contribution in [0.2, 0.25) is 0 Å². The number of hydrogen-bond acceptors (Lipinski definition) is 2. The zero-order valence-electron chi connectivity index (χ0n) is 10.2. The number of rotatable bonds is 6. The van der Waals surface area contributed by atoms with E-state index in [1.807, 2.05) is 11.5 Å². The van der Waals surface area contributed by atoms with Gasteiger partial charge in [0, 0.05) is 25.8 Å². The van der Waals surface area contributed by atoms with Crippen molar-refractivity contribution >= 4 is 11.6 Å². The van der Waals surface area contributed by atoms with E-state index in [0.717, 1.165) is 0 Å². The first kappa shape index (κ1) is 13.1. The van der Waals surface area contributed by atoms with Crippen LogP contribution in [0.25, 0.3) is 0 Å². The molecule has 0 aromatic carbocycles. The second kappa shape index (κ2) is 5.94. The Kier molecular flexibility index (Phi) is 4.57. The van der Waals surface area contributed by atoms with Gasteiger partial charge in [-0.2, -0.15) is 0 Å². The highest BCUT2D eigenvalue weighted by Gasteiger charge is 2.17. The fourth-order valence-electron chi connectivity index (χ4n) is 1.69. The Bertz CT molecular complexity index is 410. The number of hydrogen-bond donors (Lipinski definition) is 1. The molecule has 4 nitrogen and oxygen atoms in total. The summed E-state index contributed by atoms with van der Waals surface area (Å²) in [6.45, 7) is 11.0. The van der Waals surface area contributed by atoms with Crippen LogP contribution in [0.15, 0.2) is 37.6 Å². The van der Waals surface area contributed by atoms with Crippen LogP contribution >= 0.6 is 0 Å². The minimum absolute atomic E-state index is 0.0525. The fourth-order valence-corrected chi connectivity index (χ4v) is 1.69. The summed E-state index contributed by atoms with van der Waals surface area (Å²) < 4.78 is 1.84. The van der Waals surface area contributed by atoms with Crippen LogP contribution in [-0.4, -0.2) is 28.5 Å². The van der Waals surface area contributed by atoms with Crippen molar-refractivity contribution < 1.29 is 4.79 Å². The van der Waals surface area contributed by atoms with Crippen molar-refractivity contribution in [1.82, 2.24) is 9.47 Å². The van der Waals surface area contributed by atoms with Crippen LogP contribution in [0.5, 0.6) is 0 Å². The van der Waals surface area contributed by atoms with Crippen molar-refractivity contribution in [2.45, 2.75) is 13.5 Å². The molecule has 0 saturated heterocycles. The van der Waals surface area contributed by atoms with Crippen molar-refractivity contribution in [1.29, 1.82) is 0 Å². The van der Waals surface area contributed by atoms with Crippen molar-refractivity contribution in [3.8, 4) is 0 Å². The monoisotopic (exact) mass is 233 g/mol. The van der Waals surface area contributed by atoms with Gasteiger partial charge in [-0.15, -0.1) is 13.2 Å². The molecule has 92 valence electrons. The van der Waals surface area contributed by atoms with Crippen LogP contribution in [0.1, 0.15) is 17.4 Å². The van der Waals surface area contributed by atoms with E-state index in [4.69, 9.17) is 5.73 Å². The van der Waals surface area contributed by atoms with E-state index in [1.54, 1.807) is 29.3 Å². The molecule has 0 radical (unpaired) electrons. The van der Waals surface area contributed by atoms with E-state index >= 15 is 0 Å². The van der Waals surface area contributed by atoms with Crippen LogP contribution in [0.3, 0.4) is 0 Å². The van der Waals surface area contributed by atoms with E-state index in [9.17, 15) is 4.79 Å². The van der Waals surface area contributed by atoms with Gasteiger partial charge in [-0.3, -0.25) is 4.79 Å². The predicted octanol–water partition coefficient (Wildman–Crippen LogP) is 1.90. The summed E-state index contributed by atoms with van der Waals surface area (Å²) in [5.74, 6) is -0.0525. The molecule has 1 aromatic rings. The van der Waals surface area contributed by atoms with Gasteiger partial charge in [0.15, 0.2) is 0 Å². The minimum Gasteiger partial charge on any atom is -0.397 e. The highest BCUT2D eigenvalue weighted by atomic mass is 16.2.